The largest absolute Gasteiger partial charge is 0.497 e. The van der Waals surface area contributed by atoms with Crippen molar-refractivity contribution in [3.05, 3.63) is 189 Å². The van der Waals surface area contributed by atoms with Crippen LogP contribution >= 0.6 is 0 Å². The predicted octanol–water partition coefficient (Wildman–Crippen LogP) is 7.78. The number of benzene rings is 6. The van der Waals surface area contributed by atoms with Crippen molar-refractivity contribution in [3.63, 3.8) is 0 Å². The lowest BCUT2D eigenvalue weighted by Crippen LogP contribution is -2.14. The molecule has 0 spiro atoms. The number of nitrogens with one attached hydrogen (secondary N) is 3. The Hall–Kier alpha value is -9.85. The first-order valence-electron chi connectivity index (χ1n) is 22.0. The minimum Gasteiger partial charge on any atom is -0.497 e. The number of carboxylic acid groups (broad SMARTS) is 1. The molecule has 19 nitrogen and oxygen atoms in total. The van der Waals surface area contributed by atoms with E-state index in [9.17, 15) is 23.6 Å². The third-order valence-electron chi connectivity index (χ3n) is 10.8. The third kappa shape index (κ3) is 11.0. The number of ether oxygens (including phenoxy) is 2. The number of amides is 1. The first-order chi connectivity index (χ1) is 34.8. The number of nitrogens with zero attached hydrogens (tertiary/aromatic N) is 8. The van der Waals surface area contributed by atoms with Crippen LogP contribution in [0.2, 0.25) is 0 Å². The highest BCUT2D eigenvalue weighted by Gasteiger charge is 2.19. The van der Waals surface area contributed by atoms with Gasteiger partial charge in [-0.05, 0) is 98.8 Å². The summed E-state index contributed by atoms with van der Waals surface area (Å²) in [6.45, 7) is 3.45. The Balaban J connectivity index is 0.000000168. The van der Waals surface area contributed by atoms with Crippen LogP contribution in [-0.4, -0.2) is 88.7 Å². The van der Waals surface area contributed by atoms with Gasteiger partial charge in [-0.25, -0.2) is 24.4 Å². The number of anilines is 2. The van der Waals surface area contributed by atoms with Crippen LogP contribution in [-0.2, 0) is 0 Å². The number of hydrogen-bond acceptors (Lipinski definition) is 13. The molecule has 6 aromatic carbocycles. The minimum absolute atomic E-state index is 0.0409. The molecule has 358 valence electrons. The monoisotopic (exact) mass is 957 g/mol. The van der Waals surface area contributed by atoms with Gasteiger partial charge in [-0.1, -0.05) is 71.1 Å². The van der Waals surface area contributed by atoms with E-state index in [1.165, 1.54) is 4.68 Å². The van der Waals surface area contributed by atoms with Crippen LogP contribution in [0, 0.1) is 13.8 Å². The molecule has 0 atom stereocenters. The topological polar surface area (TPSA) is 264 Å². The molecule has 71 heavy (non-hydrogen) atoms. The van der Waals surface area contributed by atoms with Crippen molar-refractivity contribution in [1.82, 2.24) is 50.4 Å². The van der Waals surface area contributed by atoms with Crippen molar-refractivity contribution in [3.8, 4) is 45.4 Å². The van der Waals surface area contributed by atoms with Crippen molar-refractivity contribution in [2.24, 2.45) is 0 Å². The van der Waals surface area contributed by atoms with Gasteiger partial charge in [0.05, 0.1) is 67.7 Å². The average molecular weight is 958 g/mol. The maximum absolute atomic E-state index is 12.8. The van der Waals surface area contributed by atoms with Crippen LogP contribution in [0.3, 0.4) is 0 Å². The number of aromatic carboxylic acids is 1. The van der Waals surface area contributed by atoms with Crippen LogP contribution in [0.15, 0.2) is 155 Å². The summed E-state index contributed by atoms with van der Waals surface area (Å²) < 4.78 is 28.8. The summed E-state index contributed by atoms with van der Waals surface area (Å²) >= 11 is 0. The first kappa shape index (κ1) is 47.6. The van der Waals surface area contributed by atoms with Gasteiger partial charge < -0.3 is 25.6 Å². The number of nitrogen functional groups attached to an aromatic ring is 1. The highest BCUT2D eigenvalue weighted by Crippen LogP contribution is 2.27. The van der Waals surface area contributed by atoms with Gasteiger partial charge in [0.2, 0.25) is 0 Å². The van der Waals surface area contributed by atoms with E-state index in [4.69, 9.17) is 21.7 Å². The molecular formula is C51H45FN12O7. The number of carboxylic acids is 1. The number of H-pyrrole nitrogens is 2. The molecule has 0 radical (unpaired) electrons. The molecule has 20 heteroatoms. The number of aromatic nitrogens is 10. The smallest absolute Gasteiger partial charge is 0.358 e. The summed E-state index contributed by atoms with van der Waals surface area (Å²) in [5, 5.41) is 43.5. The molecule has 0 saturated heterocycles. The Morgan fingerprint density at radius 2 is 1.01 bits per heavy atom. The molecule has 1 amide bonds. The highest BCUT2D eigenvalue weighted by molar-refractivity contribution is 6.04. The molecule has 0 unspecified atom stereocenters. The molecule has 4 heterocycles. The Morgan fingerprint density at radius 1 is 0.620 bits per heavy atom. The number of alkyl halides is 1. The van der Waals surface area contributed by atoms with Crippen molar-refractivity contribution in [2.45, 2.75) is 13.8 Å². The zero-order valence-corrected chi connectivity index (χ0v) is 38.5. The van der Waals surface area contributed by atoms with Gasteiger partial charge in [0.1, 0.15) is 11.5 Å². The molecule has 10 rings (SSSR count). The lowest BCUT2D eigenvalue weighted by molar-refractivity contribution is 0.0689. The van der Waals surface area contributed by atoms with Gasteiger partial charge in [0.25, 0.3) is 17.0 Å². The summed E-state index contributed by atoms with van der Waals surface area (Å²) in [6.07, 6.45) is 0. The minimum atomic E-state index is -1.08. The van der Waals surface area contributed by atoms with Gasteiger partial charge >= 0.3 is 5.97 Å². The van der Waals surface area contributed by atoms with Gasteiger partial charge in [0.15, 0.2) is 11.4 Å². The maximum atomic E-state index is 12.8. The third-order valence-corrected chi connectivity index (χ3v) is 10.8. The summed E-state index contributed by atoms with van der Waals surface area (Å²) in [4.78, 5) is 47.4. The lowest BCUT2D eigenvalue weighted by Gasteiger charge is -2.08. The fourth-order valence-electron chi connectivity index (χ4n) is 7.22. The molecule has 6 N–H and O–H groups in total. The Labute approximate surface area is 404 Å². The van der Waals surface area contributed by atoms with Crippen LogP contribution < -0.4 is 31.6 Å². The van der Waals surface area contributed by atoms with Crippen molar-refractivity contribution < 1.29 is 29.9 Å². The lowest BCUT2D eigenvalue weighted by atomic mass is 10.0. The van der Waals surface area contributed by atoms with Gasteiger partial charge in [-0.3, -0.25) is 18.8 Å². The Morgan fingerprint density at radius 3 is 1.42 bits per heavy atom. The number of fused-ring (bicyclic) bond motifs is 2. The highest BCUT2D eigenvalue weighted by atomic mass is 19.1. The number of halogens is 1. The van der Waals surface area contributed by atoms with Gasteiger partial charge in [-0.15, -0.1) is 10.2 Å². The normalized spacial score (nSPS) is 10.6. The molecule has 0 bridgehead atoms. The standard InChI is InChI=1S/C25H20N6O3.C14H11N3O.C11H11N3O3.CH3F/c1-15-22(28-30-31(15)18-11-13-19(34-2)14-12-18)25(33)26-17-9-7-16(8-10-17)23-20-5-3-4-6-21(20)24(32)29-27-23;15-10-7-5-9(6-8-10)13-11-3-1-2-4-12(11)14(18)17-16-13;1-7-10(11(15)16)12-13-14(7)8-3-5-9(17-2)6-4-8;1-2/h3-14H,1-2H3,(H,26,33)(H,29,32);1-8H,15H2,(H,17,18);3-6H,1-2H3,(H,15,16);1H3/i;;;1D. The van der Waals surface area contributed by atoms with E-state index in [1.807, 2.05) is 97.1 Å². The molecule has 10 aromatic rings. The van der Waals surface area contributed by atoms with Crippen LogP contribution in [0.4, 0.5) is 15.8 Å². The number of nitrogens with two attached hydrogens (primary N) is 1. The summed E-state index contributed by atoms with van der Waals surface area (Å²) in [5.41, 5.74) is 12.5. The average Bonchev–Trinajstić information content (AvgIpc) is 4.00. The quantitative estimate of drug-likeness (QED) is 0.0866. The van der Waals surface area contributed by atoms with E-state index in [0.29, 0.717) is 39.2 Å². The van der Waals surface area contributed by atoms with Crippen LogP contribution in [0.1, 0.15) is 33.7 Å². The van der Waals surface area contributed by atoms with Gasteiger partial charge in [-0.2, -0.15) is 10.2 Å². The number of rotatable bonds is 9. The Bertz CT molecular complexity index is 3600. The fraction of sp³-hybridized carbons (Fsp3) is 0.0980. The number of carbonyl (C=O) groups is 2. The summed E-state index contributed by atoms with van der Waals surface area (Å²) in [6, 6.07) is 43.8. The fourth-order valence-corrected chi connectivity index (χ4v) is 7.22. The van der Waals surface area contributed by atoms with E-state index < -0.39 is 13.1 Å². The predicted molar refractivity (Wildman–Crippen MR) is 267 cm³/mol. The second kappa shape index (κ2) is 22.3. The Kier molecular flexibility index (Phi) is 15.0. The first-order valence-corrected chi connectivity index (χ1v) is 21.3. The molecular weight excluding hydrogens is 912 g/mol. The van der Waals surface area contributed by atoms with E-state index in [-0.39, 0.29) is 28.4 Å². The number of methoxy groups -OCH3 is 2. The van der Waals surface area contributed by atoms with Crippen molar-refractivity contribution >= 4 is 44.8 Å². The van der Waals surface area contributed by atoms with Gasteiger partial charge in [0, 0.05) is 33.3 Å². The molecule has 0 saturated carbocycles. The maximum Gasteiger partial charge on any atom is 0.358 e. The van der Waals surface area contributed by atoms with Crippen LogP contribution in [0.25, 0.3) is 55.4 Å². The van der Waals surface area contributed by atoms with E-state index in [1.54, 1.807) is 81.3 Å². The number of carbonyl (C=O) groups excluding carboxylic acids is 1. The zero-order chi connectivity index (χ0) is 51.3. The van der Waals surface area contributed by atoms with Crippen LogP contribution in [0.5, 0.6) is 11.5 Å². The van der Waals surface area contributed by atoms with Crippen molar-refractivity contribution in [2.75, 3.05) is 32.4 Å². The van der Waals surface area contributed by atoms with E-state index >= 15 is 0 Å². The zero-order valence-electron chi connectivity index (χ0n) is 39.5. The van der Waals surface area contributed by atoms with E-state index in [2.05, 4.69) is 46.3 Å². The summed E-state index contributed by atoms with van der Waals surface area (Å²) in [5.74, 6) is 0.0119. The SMILES string of the molecule is COc1ccc(-n2nnc(C(=O)Nc3ccc(-c4n[nH]c(=O)c5ccccc45)cc3)c2C)cc1.COc1ccc(-n2nnc(C(=O)O)c2C)cc1.Nc1ccc(-c2n[nH]c(=O)c3ccccc23)cc1.[2H]CF. The molecule has 4 aromatic heterocycles. The molecule has 0 aliphatic heterocycles. The molecule has 0 aliphatic carbocycles. The van der Waals surface area contributed by atoms with Crippen molar-refractivity contribution in [1.29, 1.82) is 0 Å². The summed E-state index contributed by atoms with van der Waals surface area (Å²) in [7, 11) is 2.18. The van der Waals surface area contributed by atoms with E-state index in [0.717, 1.165) is 50.5 Å². The molecule has 0 aliphatic rings. The number of aromatic amines is 2. The second-order valence-electron chi connectivity index (χ2n) is 15.1. The molecule has 0 fully saturated rings. The second-order valence-corrected chi connectivity index (χ2v) is 15.1. The number of hydrogen-bond donors (Lipinski definition) is 5.